The van der Waals surface area contributed by atoms with Gasteiger partial charge in [0.25, 0.3) is 0 Å². The summed E-state index contributed by atoms with van der Waals surface area (Å²) in [6.45, 7) is 2.04. The largest absolute Gasteiger partial charge is 0.367 e. The second-order valence-electron chi connectivity index (χ2n) is 4.12. The zero-order valence-corrected chi connectivity index (χ0v) is 9.84. The van der Waals surface area contributed by atoms with Gasteiger partial charge in [-0.1, -0.05) is 35.0 Å². The molecule has 3 rings (SSSR count). The van der Waals surface area contributed by atoms with Crippen molar-refractivity contribution in [2.24, 2.45) is 0 Å². The van der Waals surface area contributed by atoms with Crippen LogP contribution in [0.3, 0.4) is 0 Å². The topological polar surface area (TPSA) is 80.7 Å². The summed E-state index contributed by atoms with van der Waals surface area (Å²) in [6, 6.07) is 8.06. The quantitative estimate of drug-likeness (QED) is 0.721. The number of nitrogens with zero attached hydrogens (tertiary/aromatic N) is 2. The van der Waals surface area contributed by atoms with E-state index in [-0.39, 0.29) is 0 Å². The lowest BCUT2D eigenvalue weighted by Gasteiger charge is -2.01. The standard InChI is InChI=1S/C13H12N4O/c1-8-2-4-9(5-3-8)11-12(17-18-13(11)14)10-6-15-16-7-10/h2-7H,14H2,1H3,(H,15,16). The van der Waals surface area contributed by atoms with Gasteiger partial charge in [0.2, 0.25) is 5.88 Å². The monoisotopic (exact) mass is 240 g/mol. The summed E-state index contributed by atoms with van der Waals surface area (Å²) in [7, 11) is 0. The first-order valence-electron chi connectivity index (χ1n) is 5.57. The molecule has 90 valence electrons. The highest BCUT2D eigenvalue weighted by Gasteiger charge is 2.17. The molecular formula is C13H12N4O. The van der Waals surface area contributed by atoms with Gasteiger partial charge in [0.1, 0.15) is 5.69 Å². The van der Waals surface area contributed by atoms with Gasteiger partial charge < -0.3 is 10.3 Å². The molecule has 1 aromatic carbocycles. The molecule has 0 atom stereocenters. The van der Waals surface area contributed by atoms with Crippen molar-refractivity contribution in [3.05, 3.63) is 42.2 Å². The zero-order valence-electron chi connectivity index (χ0n) is 9.84. The molecule has 3 N–H and O–H groups in total. The summed E-state index contributed by atoms with van der Waals surface area (Å²) in [6.07, 6.45) is 3.45. The average molecular weight is 240 g/mol. The van der Waals surface area contributed by atoms with E-state index in [0.29, 0.717) is 11.6 Å². The van der Waals surface area contributed by atoms with E-state index in [4.69, 9.17) is 10.3 Å². The highest BCUT2D eigenvalue weighted by Crippen LogP contribution is 2.35. The molecule has 0 unspecified atom stereocenters. The maximum absolute atomic E-state index is 5.86. The summed E-state index contributed by atoms with van der Waals surface area (Å²) < 4.78 is 5.09. The number of nitrogen functional groups attached to an aromatic ring is 1. The van der Waals surface area contributed by atoms with Gasteiger partial charge in [-0.25, -0.2) is 0 Å². The number of H-pyrrole nitrogens is 1. The van der Waals surface area contributed by atoms with Crippen LogP contribution >= 0.6 is 0 Å². The number of aromatic nitrogens is 3. The van der Waals surface area contributed by atoms with Crippen molar-refractivity contribution >= 4 is 5.88 Å². The molecule has 0 amide bonds. The highest BCUT2D eigenvalue weighted by atomic mass is 16.5. The Morgan fingerprint density at radius 3 is 2.61 bits per heavy atom. The number of aromatic amines is 1. The van der Waals surface area contributed by atoms with Crippen LogP contribution in [-0.2, 0) is 0 Å². The minimum absolute atomic E-state index is 0.315. The van der Waals surface area contributed by atoms with Crippen LogP contribution in [-0.4, -0.2) is 15.4 Å². The van der Waals surface area contributed by atoms with E-state index < -0.39 is 0 Å². The predicted molar refractivity (Wildman–Crippen MR) is 68.7 cm³/mol. The molecule has 2 heterocycles. The van der Waals surface area contributed by atoms with E-state index in [2.05, 4.69) is 15.4 Å². The van der Waals surface area contributed by atoms with Crippen molar-refractivity contribution in [1.82, 2.24) is 15.4 Å². The van der Waals surface area contributed by atoms with E-state index in [1.165, 1.54) is 5.56 Å². The lowest BCUT2D eigenvalue weighted by molar-refractivity contribution is 0.439. The van der Waals surface area contributed by atoms with Crippen molar-refractivity contribution < 1.29 is 4.52 Å². The number of nitrogens with one attached hydrogen (secondary N) is 1. The molecule has 5 heteroatoms. The van der Waals surface area contributed by atoms with Crippen LogP contribution in [0.15, 0.2) is 41.2 Å². The normalized spacial score (nSPS) is 10.7. The molecule has 0 saturated carbocycles. The first-order chi connectivity index (χ1) is 8.75. The molecule has 0 aliphatic heterocycles. The molecule has 0 spiro atoms. The Balaban J connectivity index is 2.17. The fraction of sp³-hybridized carbons (Fsp3) is 0.0769. The van der Waals surface area contributed by atoms with E-state index in [0.717, 1.165) is 16.7 Å². The van der Waals surface area contributed by atoms with E-state index in [1.54, 1.807) is 12.4 Å². The van der Waals surface area contributed by atoms with Crippen LogP contribution in [0, 0.1) is 6.92 Å². The SMILES string of the molecule is Cc1ccc(-c2c(-c3cn[nH]c3)noc2N)cc1. The second kappa shape index (κ2) is 4.03. The van der Waals surface area contributed by atoms with Crippen molar-refractivity contribution in [3.63, 3.8) is 0 Å². The third kappa shape index (κ3) is 1.66. The summed E-state index contributed by atoms with van der Waals surface area (Å²) in [5.74, 6) is 0.315. The number of hydrogen-bond donors (Lipinski definition) is 2. The molecule has 18 heavy (non-hydrogen) atoms. The highest BCUT2D eigenvalue weighted by molar-refractivity contribution is 5.86. The van der Waals surface area contributed by atoms with E-state index in [1.807, 2.05) is 31.2 Å². The van der Waals surface area contributed by atoms with Crippen molar-refractivity contribution in [2.45, 2.75) is 6.92 Å². The van der Waals surface area contributed by atoms with Crippen LogP contribution in [0.2, 0.25) is 0 Å². The first-order valence-corrected chi connectivity index (χ1v) is 5.57. The molecular weight excluding hydrogens is 228 g/mol. The van der Waals surface area contributed by atoms with Gasteiger partial charge >= 0.3 is 0 Å². The van der Waals surface area contributed by atoms with Crippen LogP contribution < -0.4 is 5.73 Å². The van der Waals surface area contributed by atoms with Crippen molar-refractivity contribution in [1.29, 1.82) is 0 Å². The Morgan fingerprint density at radius 2 is 1.94 bits per heavy atom. The lowest BCUT2D eigenvalue weighted by atomic mass is 10.0. The lowest BCUT2D eigenvalue weighted by Crippen LogP contribution is -1.87. The first kappa shape index (κ1) is 10.6. The molecule has 0 aliphatic rings. The van der Waals surface area contributed by atoms with Crippen molar-refractivity contribution in [3.8, 4) is 22.4 Å². The molecule has 0 bridgehead atoms. The minimum atomic E-state index is 0.315. The van der Waals surface area contributed by atoms with Gasteiger partial charge in [-0.05, 0) is 12.5 Å². The molecule has 0 radical (unpaired) electrons. The van der Waals surface area contributed by atoms with E-state index in [9.17, 15) is 0 Å². The van der Waals surface area contributed by atoms with Crippen LogP contribution in [0.1, 0.15) is 5.56 Å². The van der Waals surface area contributed by atoms with Crippen molar-refractivity contribution in [2.75, 3.05) is 5.73 Å². The van der Waals surface area contributed by atoms with Gasteiger partial charge in [-0.2, -0.15) is 5.10 Å². The Bertz CT molecular complexity index is 653. The van der Waals surface area contributed by atoms with Gasteiger partial charge in [0.15, 0.2) is 0 Å². The van der Waals surface area contributed by atoms with Gasteiger partial charge in [0.05, 0.1) is 11.8 Å². The number of anilines is 1. The molecule has 0 aliphatic carbocycles. The fourth-order valence-corrected chi connectivity index (χ4v) is 1.88. The van der Waals surface area contributed by atoms with Crippen LogP contribution in [0.25, 0.3) is 22.4 Å². The minimum Gasteiger partial charge on any atom is -0.367 e. The molecule has 0 saturated heterocycles. The smallest absolute Gasteiger partial charge is 0.230 e. The molecule has 5 nitrogen and oxygen atoms in total. The fourth-order valence-electron chi connectivity index (χ4n) is 1.88. The van der Waals surface area contributed by atoms with Crippen LogP contribution in [0.5, 0.6) is 0 Å². The molecule has 2 aromatic heterocycles. The Kier molecular flexibility index (Phi) is 2.37. The number of rotatable bonds is 2. The predicted octanol–water partition coefficient (Wildman–Crippen LogP) is 2.62. The third-order valence-corrected chi connectivity index (χ3v) is 2.83. The van der Waals surface area contributed by atoms with Gasteiger partial charge in [-0.15, -0.1) is 0 Å². The Hall–Kier alpha value is -2.56. The summed E-state index contributed by atoms with van der Waals surface area (Å²) in [5.41, 5.74) is 10.4. The third-order valence-electron chi connectivity index (χ3n) is 2.83. The number of benzene rings is 1. The summed E-state index contributed by atoms with van der Waals surface area (Å²) >= 11 is 0. The van der Waals surface area contributed by atoms with E-state index >= 15 is 0 Å². The van der Waals surface area contributed by atoms with Gasteiger partial charge in [-0.3, -0.25) is 5.10 Å². The number of hydrogen-bond acceptors (Lipinski definition) is 4. The van der Waals surface area contributed by atoms with Crippen LogP contribution in [0.4, 0.5) is 5.88 Å². The Labute approximate surface area is 104 Å². The molecule has 0 fully saturated rings. The maximum Gasteiger partial charge on any atom is 0.230 e. The Morgan fingerprint density at radius 1 is 1.17 bits per heavy atom. The zero-order chi connectivity index (χ0) is 12.5. The summed E-state index contributed by atoms with van der Waals surface area (Å²) in [4.78, 5) is 0. The number of nitrogens with two attached hydrogens (primary N) is 1. The number of aryl methyl sites for hydroxylation is 1. The average Bonchev–Trinajstić information content (AvgIpc) is 2.99. The molecule has 3 aromatic rings. The second-order valence-corrected chi connectivity index (χ2v) is 4.12. The van der Waals surface area contributed by atoms with Gasteiger partial charge in [0, 0.05) is 11.8 Å². The summed E-state index contributed by atoms with van der Waals surface area (Å²) in [5, 5.41) is 10.7. The maximum atomic E-state index is 5.86.